The van der Waals surface area contributed by atoms with E-state index < -0.39 is 0 Å². The van der Waals surface area contributed by atoms with Crippen molar-refractivity contribution in [1.29, 1.82) is 0 Å². The highest BCUT2D eigenvalue weighted by atomic mass is 16.1. The highest BCUT2D eigenvalue weighted by Crippen LogP contribution is 2.11. The molecule has 1 aromatic carbocycles. The monoisotopic (exact) mass is 253 g/mol. The van der Waals surface area contributed by atoms with Crippen LogP contribution in [-0.4, -0.2) is 17.4 Å². The highest BCUT2D eigenvalue weighted by molar-refractivity contribution is 6.04. The number of carbonyl (C=O) groups is 1. The van der Waals surface area contributed by atoms with Gasteiger partial charge in [-0.05, 0) is 24.3 Å². The van der Waals surface area contributed by atoms with Crippen LogP contribution in [0, 0.1) is 0 Å². The Morgan fingerprint density at radius 3 is 2.63 bits per heavy atom. The first kappa shape index (κ1) is 12.8. The van der Waals surface area contributed by atoms with E-state index >= 15 is 0 Å². The molecule has 0 bridgehead atoms. The number of nitrogens with one attached hydrogen (secondary N) is 2. The molecular weight excluding hydrogens is 238 g/mol. The van der Waals surface area contributed by atoms with Gasteiger partial charge in [-0.25, -0.2) is 4.98 Å². The van der Waals surface area contributed by atoms with Crippen LogP contribution in [0.2, 0.25) is 0 Å². The summed E-state index contributed by atoms with van der Waals surface area (Å²) in [5, 5.41) is 5.86. The molecule has 19 heavy (non-hydrogen) atoms. The second-order valence-electron chi connectivity index (χ2n) is 3.92. The van der Waals surface area contributed by atoms with Crippen molar-refractivity contribution in [1.82, 2.24) is 4.98 Å². The zero-order valence-electron chi connectivity index (χ0n) is 10.5. The molecule has 0 atom stereocenters. The number of aromatic nitrogens is 1. The molecule has 4 heteroatoms. The lowest BCUT2D eigenvalue weighted by Crippen LogP contribution is -2.12. The van der Waals surface area contributed by atoms with Crippen molar-refractivity contribution in [3.63, 3.8) is 0 Å². The van der Waals surface area contributed by atoms with Gasteiger partial charge in [0.1, 0.15) is 5.82 Å². The first-order valence-electron chi connectivity index (χ1n) is 5.97. The second kappa shape index (κ2) is 6.35. The van der Waals surface area contributed by atoms with Crippen LogP contribution in [0.4, 0.5) is 11.5 Å². The number of carbonyl (C=O) groups excluding carboxylic acids is 1. The summed E-state index contributed by atoms with van der Waals surface area (Å²) >= 11 is 0. The maximum atomic E-state index is 11.9. The van der Waals surface area contributed by atoms with E-state index in [1.165, 1.54) is 0 Å². The fourth-order valence-electron chi connectivity index (χ4n) is 1.54. The minimum Gasteiger partial charge on any atom is -0.367 e. The van der Waals surface area contributed by atoms with Gasteiger partial charge in [0.25, 0.3) is 5.91 Å². The van der Waals surface area contributed by atoms with Crippen molar-refractivity contribution in [2.45, 2.75) is 0 Å². The number of pyridine rings is 1. The minimum absolute atomic E-state index is 0.144. The fourth-order valence-corrected chi connectivity index (χ4v) is 1.54. The van der Waals surface area contributed by atoms with Gasteiger partial charge in [-0.1, -0.05) is 24.3 Å². The molecule has 0 saturated carbocycles. The van der Waals surface area contributed by atoms with Crippen LogP contribution in [-0.2, 0) is 0 Å². The molecule has 0 saturated heterocycles. The molecule has 0 aliphatic carbocycles. The molecule has 2 aromatic rings. The van der Waals surface area contributed by atoms with Gasteiger partial charge < -0.3 is 10.6 Å². The Labute approximate surface area is 112 Å². The Balaban J connectivity index is 1.99. The first-order chi connectivity index (χ1) is 9.29. The third-order valence-corrected chi connectivity index (χ3v) is 2.48. The molecule has 2 N–H and O–H groups in total. The molecule has 4 nitrogen and oxygen atoms in total. The van der Waals surface area contributed by atoms with E-state index in [1.807, 2.05) is 24.3 Å². The molecule has 1 heterocycles. The molecular formula is C15H15N3O. The summed E-state index contributed by atoms with van der Waals surface area (Å²) < 4.78 is 0. The van der Waals surface area contributed by atoms with E-state index in [-0.39, 0.29) is 5.91 Å². The molecule has 0 radical (unpaired) electrons. The summed E-state index contributed by atoms with van der Waals surface area (Å²) in [6.07, 6.45) is 3.37. The number of hydrogen-bond donors (Lipinski definition) is 2. The SMILES string of the molecule is C=CCNc1ccc(NC(=O)c2ccccc2)cn1. The van der Waals surface area contributed by atoms with E-state index in [0.29, 0.717) is 17.8 Å². The second-order valence-corrected chi connectivity index (χ2v) is 3.92. The number of anilines is 2. The van der Waals surface area contributed by atoms with E-state index in [0.717, 1.165) is 5.82 Å². The van der Waals surface area contributed by atoms with Crippen molar-refractivity contribution in [2.24, 2.45) is 0 Å². The molecule has 0 spiro atoms. The predicted octanol–water partition coefficient (Wildman–Crippen LogP) is 2.93. The number of nitrogens with zero attached hydrogens (tertiary/aromatic N) is 1. The Morgan fingerprint density at radius 1 is 1.21 bits per heavy atom. The van der Waals surface area contributed by atoms with Gasteiger partial charge in [-0.15, -0.1) is 6.58 Å². The van der Waals surface area contributed by atoms with Crippen molar-refractivity contribution < 1.29 is 4.79 Å². The summed E-state index contributed by atoms with van der Waals surface area (Å²) in [6, 6.07) is 12.7. The Kier molecular flexibility index (Phi) is 4.29. The third-order valence-electron chi connectivity index (χ3n) is 2.48. The Morgan fingerprint density at radius 2 is 2.00 bits per heavy atom. The van der Waals surface area contributed by atoms with Gasteiger partial charge in [0.05, 0.1) is 11.9 Å². The Bertz CT molecular complexity index is 549. The summed E-state index contributed by atoms with van der Waals surface area (Å²) in [6.45, 7) is 4.27. The summed E-state index contributed by atoms with van der Waals surface area (Å²) in [5.74, 6) is 0.604. The zero-order chi connectivity index (χ0) is 13.5. The maximum Gasteiger partial charge on any atom is 0.255 e. The first-order valence-corrected chi connectivity index (χ1v) is 5.97. The number of rotatable bonds is 5. The van der Waals surface area contributed by atoms with E-state index in [1.54, 1.807) is 30.5 Å². The molecule has 0 aliphatic rings. The van der Waals surface area contributed by atoms with Crippen LogP contribution in [0.3, 0.4) is 0 Å². The van der Waals surface area contributed by atoms with E-state index in [9.17, 15) is 4.79 Å². The van der Waals surface area contributed by atoms with Gasteiger partial charge in [0.2, 0.25) is 0 Å². The molecule has 1 amide bonds. The van der Waals surface area contributed by atoms with Gasteiger partial charge in [0.15, 0.2) is 0 Å². The fraction of sp³-hybridized carbons (Fsp3) is 0.0667. The van der Waals surface area contributed by atoms with Crippen LogP contribution in [0.5, 0.6) is 0 Å². The molecule has 1 aromatic heterocycles. The average molecular weight is 253 g/mol. The quantitative estimate of drug-likeness (QED) is 0.805. The molecule has 0 fully saturated rings. The smallest absolute Gasteiger partial charge is 0.255 e. The molecule has 2 rings (SSSR count). The van der Waals surface area contributed by atoms with Crippen LogP contribution < -0.4 is 10.6 Å². The Hall–Kier alpha value is -2.62. The number of amides is 1. The summed E-state index contributed by atoms with van der Waals surface area (Å²) in [7, 11) is 0. The van der Waals surface area contributed by atoms with Crippen LogP contribution in [0.25, 0.3) is 0 Å². The van der Waals surface area contributed by atoms with Gasteiger partial charge in [-0.2, -0.15) is 0 Å². The summed E-state index contributed by atoms with van der Waals surface area (Å²) in [4.78, 5) is 16.1. The average Bonchev–Trinajstić information content (AvgIpc) is 2.47. The van der Waals surface area contributed by atoms with Crippen molar-refractivity contribution in [3.05, 3.63) is 66.9 Å². The largest absolute Gasteiger partial charge is 0.367 e. The van der Waals surface area contributed by atoms with Crippen molar-refractivity contribution >= 4 is 17.4 Å². The molecule has 0 unspecified atom stereocenters. The lowest BCUT2D eigenvalue weighted by atomic mass is 10.2. The van der Waals surface area contributed by atoms with Gasteiger partial charge in [0, 0.05) is 12.1 Å². The zero-order valence-corrected chi connectivity index (χ0v) is 10.5. The van der Waals surface area contributed by atoms with E-state index in [2.05, 4.69) is 22.2 Å². The molecule has 0 aliphatic heterocycles. The number of benzene rings is 1. The maximum absolute atomic E-state index is 11.9. The van der Waals surface area contributed by atoms with Crippen LogP contribution in [0.1, 0.15) is 10.4 Å². The third kappa shape index (κ3) is 3.67. The van der Waals surface area contributed by atoms with Crippen molar-refractivity contribution in [2.75, 3.05) is 17.2 Å². The van der Waals surface area contributed by atoms with Gasteiger partial charge in [-0.3, -0.25) is 4.79 Å². The molecule has 96 valence electrons. The predicted molar refractivity (Wildman–Crippen MR) is 77.3 cm³/mol. The normalized spacial score (nSPS) is 9.68. The summed E-state index contributed by atoms with van der Waals surface area (Å²) in [5.41, 5.74) is 1.29. The lowest BCUT2D eigenvalue weighted by Gasteiger charge is -2.06. The number of hydrogen-bond acceptors (Lipinski definition) is 3. The topological polar surface area (TPSA) is 54.0 Å². The van der Waals surface area contributed by atoms with E-state index in [4.69, 9.17) is 0 Å². The lowest BCUT2D eigenvalue weighted by molar-refractivity contribution is 0.102. The van der Waals surface area contributed by atoms with Crippen LogP contribution in [0.15, 0.2) is 61.3 Å². The van der Waals surface area contributed by atoms with Gasteiger partial charge >= 0.3 is 0 Å². The van der Waals surface area contributed by atoms with Crippen molar-refractivity contribution in [3.8, 4) is 0 Å². The minimum atomic E-state index is -0.144. The standard InChI is InChI=1S/C15H15N3O/c1-2-10-16-14-9-8-13(11-17-14)18-15(19)12-6-4-3-5-7-12/h2-9,11H,1,10H2,(H,16,17)(H,18,19). The highest BCUT2D eigenvalue weighted by Gasteiger charge is 2.04. The van der Waals surface area contributed by atoms with Crippen LogP contribution >= 0.6 is 0 Å².